The summed E-state index contributed by atoms with van der Waals surface area (Å²) in [7, 11) is 0. The Kier molecular flexibility index (Phi) is 3.94. The van der Waals surface area contributed by atoms with Crippen molar-refractivity contribution in [2.24, 2.45) is 0 Å². The van der Waals surface area contributed by atoms with Crippen LogP contribution >= 0.6 is 0 Å². The number of para-hydroxylation sites is 1. The first-order valence-corrected chi connectivity index (χ1v) is 5.98. The molecule has 0 spiro atoms. The van der Waals surface area contributed by atoms with Gasteiger partial charge in [-0.3, -0.25) is 4.79 Å². The van der Waals surface area contributed by atoms with Crippen LogP contribution in [0.25, 0.3) is 11.0 Å². The summed E-state index contributed by atoms with van der Waals surface area (Å²) < 4.78 is 5.13. The average Bonchev–Trinajstić information content (AvgIpc) is 2.79. The highest BCUT2D eigenvalue weighted by Crippen LogP contribution is 2.17. The first-order chi connectivity index (χ1) is 8.74. The van der Waals surface area contributed by atoms with Gasteiger partial charge in [-0.1, -0.05) is 24.2 Å². The van der Waals surface area contributed by atoms with Crippen LogP contribution in [-0.4, -0.2) is 28.8 Å². The number of amides is 1. The molecule has 0 unspecified atom stereocenters. The molecule has 2 aromatic rings. The lowest BCUT2D eigenvalue weighted by Gasteiger charge is -2.13. The molecule has 2 N–H and O–H groups in total. The lowest BCUT2D eigenvalue weighted by atomic mass is 10.1. The minimum absolute atomic E-state index is 0.0538. The number of aliphatic hydroxyl groups is 1. The Morgan fingerprint density at radius 3 is 3.00 bits per heavy atom. The van der Waals surface area contributed by atoms with Crippen LogP contribution in [0.5, 0.6) is 0 Å². The van der Waals surface area contributed by atoms with Gasteiger partial charge in [0.25, 0.3) is 0 Å². The minimum Gasteiger partial charge on any atom is -0.394 e. The molecule has 1 atom stereocenters. The predicted molar refractivity (Wildman–Crippen MR) is 67.0 cm³/mol. The highest BCUT2D eigenvalue weighted by molar-refractivity contribution is 5.86. The molecule has 0 saturated carbocycles. The van der Waals surface area contributed by atoms with Crippen LogP contribution in [0.4, 0.5) is 0 Å². The number of aliphatic hydroxyl groups excluding tert-OH is 1. The summed E-state index contributed by atoms with van der Waals surface area (Å²) in [6, 6.07) is 7.22. The van der Waals surface area contributed by atoms with E-state index in [0.29, 0.717) is 17.7 Å². The number of carbonyl (C=O) groups excluding carboxylic acids is 1. The number of nitrogens with zero attached hydrogens (tertiary/aromatic N) is 1. The third-order valence-electron chi connectivity index (χ3n) is 2.86. The number of fused-ring (bicyclic) bond motifs is 1. The summed E-state index contributed by atoms with van der Waals surface area (Å²) in [6.45, 7) is 1.86. The molecule has 2 rings (SSSR count). The SMILES string of the molecule is CC[C@H](CO)NC(=O)Cc1noc2ccccc12. The summed E-state index contributed by atoms with van der Waals surface area (Å²) >= 11 is 0. The molecular weight excluding hydrogens is 232 g/mol. The normalized spacial score (nSPS) is 12.6. The lowest BCUT2D eigenvalue weighted by molar-refractivity contribution is -0.121. The van der Waals surface area contributed by atoms with Crippen LogP contribution < -0.4 is 5.32 Å². The largest absolute Gasteiger partial charge is 0.394 e. The minimum atomic E-state index is -0.198. The second kappa shape index (κ2) is 5.64. The smallest absolute Gasteiger partial charge is 0.226 e. The van der Waals surface area contributed by atoms with Crippen LogP contribution in [0.15, 0.2) is 28.8 Å². The predicted octanol–water partition coefficient (Wildman–Crippen LogP) is 1.26. The lowest BCUT2D eigenvalue weighted by Crippen LogP contribution is -2.37. The van der Waals surface area contributed by atoms with Gasteiger partial charge in [-0.2, -0.15) is 0 Å². The quantitative estimate of drug-likeness (QED) is 0.835. The van der Waals surface area contributed by atoms with E-state index in [1.165, 1.54) is 0 Å². The van der Waals surface area contributed by atoms with E-state index < -0.39 is 0 Å². The molecule has 5 nitrogen and oxygen atoms in total. The summed E-state index contributed by atoms with van der Waals surface area (Å²) in [5.41, 5.74) is 1.30. The van der Waals surface area contributed by atoms with Crippen LogP contribution in [0.2, 0.25) is 0 Å². The third kappa shape index (κ3) is 2.68. The number of rotatable bonds is 5. The maximum Gasteiger partial charge on any atom is 0.226 e. The molecule has 0 saturated heterocycles. The molecule has 0 radical (unpaired) electrons. The zero-order valence-electron chi connectivity index (χ0n) is 10.2. The summed E-state index contributed by atoms with van der Waals surface area (Å²) in [5, 5.41) is 16.5. The first-order valence-electron chi connectivity index (χ1n) is 5.98. The Labute approximate surface area is 105 Å². The highest BCUT2D eigenvalue weighted by atomic mass is 16.5. The van der Waals surface area contributed by atoms with Gasteiger partial charge in [0.1, 0.15) is 5.69 Å². The van der Waals surface area contributed by atoms with Crippen molar-refractivity contribution in [3.63, 3.8) is 0 Å². The van der Waals surface area contributed by atoms with E-state index in [9.17, 15) is 4.79 Å². The maximum atomic E-state index is 11.8. The molecule has 0 aliphatic rings. The number of carbonyl (C=O) groups is 1. The molecular formula is C13H16N2O3. The monoisotopic (exact) mass is 248 g/mol. The summed E-state index contributed by atoms with van der Waals surface area (Å²) in [6.07, 6.45) is 0.856. The Morgan fingerprint density at radius 1 is 1.50 bits per heavy atom. The van der Waals surface area contributed by atoms with Gasteiger partial charge in [-0.15, -0.1) is 0 Å². The fourth-order valence-electron chi connectivity index (χ4n) is 1.77. The number of nitrogens with one attached hydrogen (secondary N) is 1. The average molecular weight is 248 g/mol. The van der Waals surface area contributed by atoms with Crippen LogP contribution in [0, 0.1) is 0 Å². The molecule has 96 valence electrons. The van der Waals surface area contributed by atoms with Crippen molar-refractivity contribution in [2.45, 2.75) is 25.8 Å². The van der Waals surface area contributed by atoms with E-state index in [2.05, 4.69) is 10.5 Å². The molecule has 1 heterocycles. The van der Waals surface area contributed by atoms with Gasteiger partial charge < -0.3 is 14.9 Å². The van der Waals surface area contributed by atoms with Gasteiger partial charge in [-0.05, 0) is 18.6 Å². The summed E-state index contributed by atoms with van der Waals surface area (Å²) in [5.74, 6) is -0.157. The van der Waals surface area contributed by atoms with Gasteiger partial charge in [0.05, 0.1) is 19.1 Å². The van der Waals surface area contributed by atoms with Crippen LogP contribution in [0.1, 0.15) is 19.0 Å². The molecule has 0 aliphatic carbocycles. The van der Waals surface area contributed by atoms with Gasteiger partial charge >= 0.3 is 0 Å². The van der Waals surface area contributed by atoms with Gasteiger partial charge in [-0.25, -0.2) is 0 Å². The Morgan fingerprint density at radius 2 is 2.28 bits per heavy atom. The molecule has 0 fully saturated rings. The Hall–Kier alpha value is -1.88. The van der Waals surface area contributed by atoms with Crippen LogP contribution in [0.3, 0.4) is 0 Å². The first kappa shape index (κ1) is 12.6. The standard InChI is InChI=1S/C13H16N2O3/c1-2-9(8-16)14-13(17)7-11-10-5-3-4-6-12(10)18-15-11/h3-6,9,16H,2,7-8H2,1H3,(H,14,17)/t9-/m1/s1. The molecule has 1 amide bonds. The maximum absolute atomic E-state index is 11.8. The summed E-state index contributed by atoms with van der Waals surface area (Å²) in [4.78, 5) is 11.8. The Bertz CT molecular complexity index is 532. The molecule has 5 heteroatoms. The molecule has 1 aromatic carbocycles. The fourth-order valence-corrected chi connectivity index (χ4v) is 1.77. The molecule has 0 aliphatic heterocycles. The van der Waals surface area contributed by atoms with Gasteiger partial charge in [0.15, 0.2) is 5.58 Å². The molecule has 18 heavy (non-hydrogen) atoms. The second-order valence-corrected chi connectivity index (χ2v) is 4.16. The van der Waals surface area contributed by atoms with Crippen molar-refractivity contribution in [2.75, 3.05) is 6.61 Å². The number of benzene rings is 1. The molecule has 0 bridgehead atoms. The zero-order chi connectivity index (χ0) is 13.0. The van der Waals surface area contributed by atoms with E-state index in [1.54, 1.807) is 0 Å². The van der Waals surface area contributed by atoms with E-state index in [1.807, 2.05) is 31.2 Å². The number of hydrogen-bond donors (Lipinski definition) is 2. The second-order valence-electron chi connectivity index (χ2n) is 4.16. The van der Waals surface area contributed by atoms with E-state index in [0.717, 1.165) is 5.39 Å². The van der Waals surface area contributed by atoms with Crippen molar-refractivity contribution in [3.05, 3.63) is 30.0 Å². The van der Waals surface area contributed by atoms with E-state index in [4.69, 9.17) is 9.63 Å². The van der Waals surface area contributed by atoms with Crippen molar-refractivity contribution >= 4 is 16.9 Å². The van der Waals surface area contributed by atoms with Crippen molar-refractivity contribution < 1.29 is 14.4 Å². The van der Waals surface area contributed by atoms with E-state index in [-0.39, 0.29) is 25.0 Å². The number of hydrogen-bond acceptors (Lipinski definition) is 4. The molecule has 1 aromatic heterocycles. The van der Waals surface area contributed by atoms with Crippen LogP contribution in [-0.2, 0) is 11.2 Å². The number of aromatic nitrogens is 1. The van der Waals surface area contributed by atoms with Crippen molar-refractivity contribution in [1.29, 1.82) is 0 Å². The van der Waals surface area contributed by atoms with Gasteiger partial charge in [0.2, 0.25) is 5.91 Å². The van der Waals surface area contributed by atoms with Crippen molar-refractivity contribution in [1.82, 2.24) is 10.5 Å². The Balaban J connectivity index is 2.07. The fraction of sp³-hybridized carbons (Fsp3) is 0.385. The highest BCUT2D eigenvalue weighted by Gasteiger charge is 2.14. The van der Waals surface area contributed by atoms with Gasteiger partial charge in [0, 0.05) is 5.39 Å². The zero-order valence-corrected chi connectivity index (χ0v) is 10.2. The topological polar surface area (TPSA) is 75.4 Å². The van der Waals surface area contributed by atoms with E-state index >= 15 is 0 Å². The third-order valence-corrected chi connectivity index (χ3v) is 2.86. The van der Waals surface area contributed by atoms with Crippen molar-refractivity contribution in [3.8, 4) is 0 Å².